The van der Waals surface area contributed by atoms with E-state index in [0.29, 0.717) is 17.1 Å². The Labute approximate surface area is 212 Å². The number of nitrogens with one attached hydrogen (secondary N) is 1. The smallest absolute Gasteiger partial charge is 0.271 e. The molecular formula is C26H23NO9S. The second-order valence-electron chi connectivity index (χ2n) is 7.67. The molecule has 0 radical (unpaired) electrons. The lowest BCUT2D eigenvalue weighted by Crippen LogP contribution is -2.34. The van der Waals surface area contributed by atoms with Crippen LogP contribution in [0, 0.1) is 0 Å². The fourth-order valence-corrected chi connectivity index (χ4v) is 4.58. The molecule has 0 aliphatic carbocycles. The van der Waals surface area contributed by atoms with Crippen LogP contribution in [0.15, 0.2) is 80.8 Å². The summed E-state index contributed by atoms with van der Waals surface area (Å²) in [5.41, 5.74) is 0.345. The minimum Gasteiger partial charge on any atom is -0.496 e. The first-order valence-electron chi connectivity index (χ1n) is 10.9. The van der Waals surface area contributed by atoms with Gasteiger partial charge in [-0.1, -0.05) is 18.2 Å². The molecule has 1 aromatic heterocycles. The maximum absolute atomic E-state index is 12.9. The molecule has 1 N–H and O–H groups in total. The SMILES string of the molecule is COc1ccc(-c2cc(=O)c3c(OC)cc(OCC(=O)NS(=O)(=O)c4ccccc4)cc3o2)cc1OC. The summed E-state index contributed by atoms with van der Waals surface area (Å²) in [4.78, 5) is 25.2. The Morgan fingerprint density at radius 1 is 0.865 bits per heavy atom. The molecule has 0 atom stereocenters. The van der Waals surface area contributed by atoms with Gasteiger partial charge in [0.25, 0.3) is 15.9 Å². The summed E-state index contributed by atoms with van der Waals surface area (Å²) in [6.45, 7) is -0.611. The molecule has 0 saturated carbocycles. The molecule has 4 rings (SSSR count). The number of carbonyl (C=O) groups is 1. The van der Waals surface area contributed by atoms with Gasteiger partial charge in [-0.2, -0.15) is 0 Å². The van der Waals surface area contributed by atoms with Gasteiger partial charge in [-0.25, -0.2) is 13.1 Å². The molecule has 0 bridgehead atoms. The Hall–Kier alpha value is -4.51. The molecular weight excluding hydrogens is 502 g/mol. The molecule has 0 fully saturated rings. The summed E-state index contributed by atoms with van der Waals surface area (Å²) in [6, 6.07) is 16.7. The van der Waals surface area contributed by atoms with Crippen molar-refractivity contribution in [2.75, 3.05) is 27.9 Å². The van der Waals surface area contributed by atoms with Crippen molar-refractivity contribution < 1.29 is 36.6 Å². The van der Waals surface area contributed by atoms with Gasteiger partial charge in [0.05, 0.1) is 26.2 Å². The lowest BCUT2D eigenvalue weighted by Gasteiger charge is -2.12. The minimum atomic E-state index is -4.05. The van der Waals surface area contributed by atoms with Crippen molar-refractivity contribution in [2.24, 2.45) is 0 Å². The van der Waals surface area contributed by atoms with Gasteiger partial charge in [-0.05, 0) is 30.3 Å². The molecule has 3 aromatic carbocycles. The van der Waals surface area contributed by atoms with Crippen molar-refractivity contribution in [2.45, 2.75) is 4.90 Å². The Balaban J connectivity index is 1.62. The predicted molar refractivity (Wildman–Crippen MR) is 135 cm³/mol. The molecule has 0 aliphatic rings. The molecule has 11 heteroatoms. The van der Waals surface area contributed by atoms with E-state index in [4.69, 9.17) is 23.4 Å². The number of amides is 1. The van der Waals surface area contributed by atoms with Crippen LogP contribution in [0.2, 0.25) is 0 Å². The van der Waals surface area contributed by atoms with E-state index in [0.717, 1.165) is 0 Å². The number of sulfonamides is 1. The number of ether oxygens (including phenoxy) is 4. The fraction of sp³-hybridized carbons (Fsp3) is 0.154. The van der Waals surface area contributed by atoms with Crippen LogP contribution in [-0.4, -0.2) is 42.3 Å². The Morgan fingerprint density at radius 2 is 1.57 bits per heavy atom. The maximum Gasteiger partial charge on any atom is 0.271 e. The summed E-state index contributed by atoms with van der Waals surface area (Å²) in [5, 5.41) is 0.176. The van der Waals surface area contributed by atoms with E-state index in [1.807, 2.05) is 4.72 Å². The summed E-state index contributed by atoms with van der Waals surface area (Å²) in [5.74, 6) is 0.627. The van der Waals surface area contributed by atoms with Gasteiger partial charge >= 0.3 is 0 Å². The van der Waals surface area contributed by atoms with E-state index in [1.54, 1.807) is 36.4 Å². The molecule has 1 heterocycles. The lowest BCUT2D eigenvalue weighted by atomic mass is 10.1. The van der Waals surface area contributed by atoms with Gasteiger partial charge in [0, 0.05) is 23.8 Å². The summed E-state index contributed by atoms with van der Waals surface area (Å²) in [6.07, 6.45) is 0. The van der Waals surface area contributed by atoms with Gasteiger partial charge in [0.15, 0.2) is 23.5 Å². The van der Waals surface area contributed by atoms with Crippen LogP contribution in [0.4, 0.5) is 0 Å². The van der Waals surface area contributed by atoms with Crippen molar-refractivity contribution in [3.8, 4) is 34.3 Å². The van der Waals surface area contributed by atoms with Crippen LogP contribution in [0.3, 0.4) is 0 Å². The van der Waals surface area contributed by atoms with Crippen LogP contribution in [0.25, 0.3) is 22.3 Å². The number of hydrogen-bond donors (Lipinski definition) is 1. The Morgan fingerprint density at radius 3 is 2.24 bits per heavy atom. The number of benzene rings is 3. The summed E-state index contributed by atoms with van der Waals surface area (Å²) < 4.78 is 54.0. The highest BCUT2D eigenvalue weighted by atomic mass is 32.2. The zero-order valence-corrected chi connectivity index (χ0v) is 21.0. The van der Waals surface area contributed by atoms with E-state index in [-0.39, 0.29) is 38.6 Å². The third-order valence-electron chi connectivity index (χ3n) is 5.33. The van der Waals surface area contributed by atoms with Crippen LogP contribution in [-0.2, 0) is 14.8 Å². The fourth-order valence-electron chi connectivity index (χ4n) is 3.59. The van der Waals surface area contributed by atoms with E-state index in [2.05, 4.69) is 0 Å². The van der Waals surface area contributed by atoms with Crippen molar-refractivity contribution in [1.29, 1.82) is 0 Å². The van der Waals surface area contributed by atoms with Crippen molar-refractivity contribution in [3.05, 3.63) is 77.0 Å². The molecule has 1 amide bonds. The predicted octanol–water partition coefficient (Wildman–Crippen LogP) is 3.37. The zero-order chi connectivity index (χ0) is 26.6. The van der Waals surface area contributed by atoms with Crippen molar-refractivity contribution in [1.82, 2.24) is 4.72 Å². The third-order valence-corrected chi connectivity index (χ3v) is 6.72. The molecule has 4 aromatic rings. The monoisotopic (exact) mass is 525 g/mol. The number of hydrogen-bond acceptors (Lipinski definition) is 9. The van der Waals surface area contributed by atoms with Crippen LogP contribution in [0.1, 0.15) is 0 Å². The van der Waals surface area contributed by atoms with Gasteiger partial charge in [0.1, 0.15) is 28.2 Å². The Bertz CT molecular complexity index is 1610. The second kappa shape index (κ2) is 10.6. The highest BCUT2D eigenvalue weighted by molar-refractivity contribution is 7.90. The van der Waals surface area contributed by atoms with Gasteiger partial charge in [-0.3, -0.25) is 9.59 Å². The number of rotatable bonds is 9. The minimum absolute atomic E-state index is 0.0554. The van der Waals surface area contributed by atoms with Crippen LogP contribution >= 0.6 is 0 Å². The van der Waals surface area contributed by atoms with Gasteiger partial charge < -0.3 is 23.4 Å². The van der Waals surface area contributed by atoms with Gasteiger partial charge in [-0.15, -0.1) is 0 Å². The highest BCUT2D eigenvalue weighted by Gasteiger charge is 2.19. The highest BCUT2D eigenvalue weighted by Crippen LogP contribution is 2.35. The van der Waals surface area contributed by atoms with E-state index in [9.17, 15) is 18.0 Å². The van der Waals surface area contributed by atoms with Gasteiger partial charge in [0.2, 0.25) is 0 Å². The van der Waals surface area contributed by atoms with Crippen LogP contribution in [0.5, 0.6) is 23.0 Å². The molecule has 192 valence electrons. The van der Waals surface area contributed by atoms with Crippen molar-refractivity contribution in [3.63, 3.8) is 0 Å². The third kappa shape index (κ3) is 5.51. The van der Waals surface area contributed by atoms with Crippen LogP contribution < -0.4 is 29.1 Å². The lowest BCUT2D eigenvalue weighted by molar-refractivity contribution is -0.121. The molecule has 0 saturated heterocycles. The first-order valence-corrected chi connectivity index (χ1v) is 12.4. The van der Waals surface area contributed by atoms with E-state index >= 15 is 0 Å². The molecule has 37 heavy (non-hydrogen) atoms. The molecule has 10 nitrogen and oxygen atoms in total. The van der Waals surface area contributed by atoms with E-state index < -0.39 is 22.5 Å². The first kappa shape index (κ1) is 25.6. The number of fused-ring (bicyclic) bond motifs is 1. The average molecular weight is 526 g/mol. The molecule has 0 spiro atoms. The quantitative estimate of drug-likeness (QED) is 0.349. The maximum atomic E-state index is 12.9. The molecule has 0 aliphatic heterocycles. The summed E-state index contributed by atoms with van der Waals surface area (Å²) >= 11 is 0. The topological polar surface area (TPSA) is 130 Å². The second-order valence-corrected chi connectivity index (χ2v) is 9.36. The number of methoxy groups -OCH3 is 3. The molecule has 0 unspecified atom stereocenters. The largest absolute Gasteiger partial charge is 0.496 e. The number of carbonyl (C=O) groups excluding carboxylic acids is 1. The standard InChI is InChI=1S/C26H23NO9S/c1-32-20-10-9-16(11-22(20)33-2)21-14-19(28)26-23(34-3)12-17(13-24(26)36-21)35-15-25(29)27-37(30,31)18-7-5-4-6-8-18/h4-14H,15H2,1-3H3,(H,27,29). The first-order chi connectivity index (χ1) is 17.7. The Kier molecular flexibility index (Phi) is 7.35. The zero-order valence-electron chi connectivity index (χ0n) is 20.1. The normalized spacial score (nSPS) is 11.1. The average Bonchev–Trinajstić information content (AvgIpc) is 2.91. The van der Waals surface area contributed by atoms with E-state index in [1.165, 1.54) is 51.7 Å². The summed E-state index contributed by atoms with van der Waals surface area (Å²) in [7, 11) is 0.334. The van der Waals surface area contributed by atoms with Crippen molar-refractivity contribution >= 4 is 26.9 Å².